The maximum Gasteiger partial charge on any atom is 0.252 e. The van der Waals surface area contributed by atoms with E-state index in [1.165, 1.54) is 11.3 Å². The molecule has 1 unspecified atom stereocenters. The predicted octanol–water partition coefficient (Wildman–Crippen LogP) is 1.95. The second-order valence-electron chi connectivity index (χ2n) is 3.71. The van der Waals surface area contributed by atoms with Crippen molar-refractivity contribution in [2.45, 2.75) is 32.7 Å². The number of nitrogens with one attached hydrogen (secondary N) is 1. The van der Waals surface area contributed by atoms with Crippen LogP contribution in [0.3, 0.4) is 0 Å². The standard InChI is InChI=1S/C11H17NO2S/c1-8-6-15-7-10(8)11(14)12-9(2)4-3-5-13/h6-7,9,13H,3-5H2,1-2H3,(H,12,14). The Morgan fingerprint density at radius 2 is 2.33 bits per heavy atom. The van der Waals surface area contributed by atoms with E-state index in [1.807, 2.05) is 24.6 Å². The highest BCUT2D eigenvalue weighted by Crippen LogP contribution is 2.13. The molecule has 0 aromatic carbocycles. The highest BCUT2D eigenvalue weighted by molar-refractivity contribution is 7.08. The van der Waals surface area contributed by atoms with E-state index in [0.29, 0.717) is 0 Å². The molecular formula is C11H17NO2S. The molecule has 0 saturated heterocycles. The molecule has 0 aliphatic carbocycles. The van der Waals surface area contributed by atoms with Gasteiger partial charge in [-0.3, -0.25) is 4.79 Å². The monoisotopic (exact) mass is 227 g/mol. The Hall–Kier alpha value is -0.870. The van der Waals surface area contributed by atoms with E-state index in [2.05, 4.69) is 5.32 Å². The minimum atomic E-state index is -0.0146. The number of hydrogen-bond donors (Lipinski definition) is 2. The second kappa shape index (κ2) is 5.88. The molecule has 0 radical (unpaired) electrons. The van der Waals surface area contributed by atoms with Gasteiger partial charge in [-0.25, -0.2) is 0 Å². The fourth-order valence-electron chi connectivity index (χ4n) is 1.36. The van der Waals surface area contributed by atoms with Crippen molar-refractivity contribution in [2.24, 2.45) is 0 Å². The predicted molar refractivity (Wildman–Crippen MR) is 62.3 cm³/mol. The van der Waals surface area contributed by atoms with Crippen molar-refractivity contribution >= 4 is 17.2 Å². The molecule has 0 aliphatic rings. The van der Waals surface area contributed by atoms with Gasteiger partial charge in [0.1, 0.15) is 0 Å². The van der Waals surface area contributed by atoms with Crippen LogP contribution in [0.1, 0.15) is 35.7 Å². The molecule has 0 spiro atoms. The molecule has 84 valence electrons. The summed E-state index contributed by atoms with van der Waals surface area (Å²) >= 11 is 1.54. The zero-order valence-corrected chi connectivity index (χ0v) is 9.93. The zero-order chi connectivity index (χ0) is 11.3. The van der Waals surface area contributed by atoms with Gasteiger partial charge >= 0.3 is 0 Å². The molecule has 0 fully saturated rings. The first-order valence-corrected chi connectivity index (χ1v) is 6.04. The molecule has 0 aliphatic heterocycles. The van der Waals surface area contributed by atoms with E-state index < -0.39 is 0 Å². The van der Waals surface area contributed by atoms with Gasteiger partial charge in [0.05, 0.1) is 5.56 Å². The largest absolute Gasteiger partial charge is 0.396 e. The molecule has 15 heavy (non-hydrogen) atoms. The number of aryl methyl sites for hydroxylation is 1. The molecule has 0 saturated carbocycles. The summed E-state index contributed by atoms with van der Waals surface area (Å²) in [6, 6.07) is 0.115. The lowest BCUT2D eigenvalue weighted by atomic mass is 10.1. The molecule has 1 aromatic rings. The summed E-state index contributed by atoms with van der Waals surface area (Å²) < 4.78 is 0. The summed E-state index contributed by atoms with van der Waals surface area (Å²) in [7, 11) is 0. The third-order valence-corrected chi connectivity index (χ3v) is 3.13. The quantitative estimate of drug-likeness (QED) is 0.807. The summed E-state index contributed by atoms with van der Waals surface area (Å²) in [5.41, 5.74) is 1.78. The average molecular weight is 227 g/mol. The summed E-state index contributed by atoms with van der Waals surface area (Å²) in [4.78, 5) is 11.7. The smallest absolute Gasteiger partial charge is 0.252 e. The number of amides is 1. The van der Waals surface area contributed by atoms with Crippen molar-refractivity contribution in [2.75, 3.05) is 6.61 Å². The summed E-state index contributed by atoms with van der Waals surface area (Å²) in [6.45, 7) is 4.07. The summed E-state index contributed by atoms with van der Waals surface area (Å²) in [6.07, 6.45) is 1.54. The Balaban J connectivity index is 2.46. The van der Waals surface area contributed by atoms with Crippen LogP contribution in [-0.2, 0) is 0 Å². The van der Waals surface area contributed by atoms with Crippen LogP contribution in [0.25, 0.3) is 0 Å². The molecular weight excluding hydrogens is 210 g/mol. The maximum absolute atomic E-state index is 11.7. The van der Waals surface area contributed by atoms with Gasteiger partial charge in [-0.2, -0.15) is 11.3 Å². The van der Waals surface area contributed by atoms with Crippen molar-refractivity contribution in [1.82, 2.24) is 5.32 Å². The highest BCUT2D eigenvalue weighted by atomic mass is 32.1. The number of hydrogen-bond acceptors (Lipinski definition) is 3. The number of carbonyl (C=O) groups excluding carboxylic acids is 1. The van der Waals surface area contributed by atoms with E-state index in [0.717, 1.165) is 24.0 Å². The lowest BCUT2D eigenvalue weighted by molar-refractivity contribution is 0.0936. The number of thiophene rings is 1. The van der Waals surface area contributed by atoms with E-state index >= 15 is 0 Å². The van der Waals surface area contributed by atoms with Gasteiger partial charge in [0, 0.05) is 18.0 Å². The third-order valence-electron chi connectivity index (χ3n) is 2.27. The molecule has 4 heteroatoms. The molecule has 0 bridgehead atoms. The van der Waals surface area contributed by atoms with Crippen molar-refractivity contribution in [3.8, 4) is 0 Å². The van der Waals surface area contributed by atoms with Gasteiger partial charge in [0.15, 0.2) is 0 Å². The third kappa shape index (κ3) is 3.64. The number of carbonyl (C=O) groups is 1. The minimum absolute atomic E-state index is 0.0146. The van der Waals surface area contributed by atoms with Crippen molar-refractivity contribution in [3.05, 3.63) is 21.9 Å². The Labute approximate surface area is 94.1 Å². The molecule has 1 heterocycles. The molecule has 1 rings (SSSR count). The fourth-order valence-corrected chi connectivity index (χ4v) is 2.19. The SMILES string of the molecule is Cc1cscc1C(=O)NC(C)CCCO. The van der Waals surface area contributed by atoms with Crippen LogP contribution in [0.2, 0.25) is 0 Å². The molecule has 1 atom stereocenters. The van der Waals surface area contributed by atoms with Crippen molar-refractivity contribution in [1.29, 1.82) is 0 Å². The zero-order valence-electron chi connectivity index (χ0n) is 9.12. The van der Waals surface area contributed by atoms with E-state index in [9.17, 15) is 4.79 Å². The van der Waals surface area contributed by atoms with Crippen molar-refractivity contribution in [3.63, 3.8) is 0 Å². The van der Waals surface area contributed by atoms with Crippen LogP contribution < -0.4 is 5.32 Å². The first-order chi connectivity index (χ1) is 7.15. The number of aliphatic hydroxyl groups excluding tert-OH is 1. The fraction of sp³-hybridized carbons (Fsp3) is 0.545. The van der Waals surface area contributed by atoms with E-state index in [-0.39, 0.29) is 18.6 Å². The van der Waals surface area contributed by atoms with Gasteiger partial charge in [0.25, 0.3) is 5.91 Å². The van der Waals surface area contributed by atoms with E-state index in [4.69, 9.17) is 5.11 Å². The van der Waals surface area contributed by atoms with Crippen LogP contribution in [0.5, 0.6) is 0 Å². The number of rotatable bonds is 5. The lowest BCUT2D eigenvalue weighted by Gasteiger charge is -2.12. The van der Waals surface area contributed by atoms with Crippen LogP contribution in [-0.4, -0.2) is 23.7 Å². The van der Waals surface area contributed by atoms with Crippen LogP contribution >= 0.6 is 11.3 Å². The Kier molecular flexibility index (Phi) is 4.78. The Bertz CT molecular complexity index is 322. The highest BCUT2D eigenvalue weighted by Gasteiger charge is 2.12. The topological polar surface area (TPSA) is 49.3 Å². The first kappa shape index (κ1) is 12.2. The second-order valence-corrected chi connectivity index (χ2v) is 4.45. The van der Waals surface area contributed by atoms with Gasteiger partial charge < -0.3 is 10.4 Å². The normalized spacial score (nSPS) is 12.5. The summed E-state index contributed by atoms with van der Waals surface area (Å²) in [5.74, 6) is -0.0146. The van der Waals surface area contributed by atoms with Crippen molar-refractivity contribution < 1.29 is 9.90 Å². The number of aliphatic hydroxyl groups is 1. The Morgan fingerprint density at radius 1 is 1.60 bits per heavy atom. The van der Waals surface area contributed by atoms with Crippen LogP contribution in [0.15, 0.2) is 10.8 Å². The Morgan fingerprint density at radius 3 is 2.87 bits per heavy atom. The molecule has 1 amide bonds. The van der Waals surface area contributed by atoms with Gasteiger partial charge in [0.2, 0.25) is 0 Å². The molecule has 3 nitrogen and oxygen atoms in total. The minimum Gasteiger partial charge on any atom is -0.396 e. The molecule has 2 N–H and O–H groups in total. The first-order valence-electron chi connectivity index (χ1n) is 5.09. The van der Waals surface area contributed by atoms with Gasteiger partial charge in [-0.05, 0) is 37.6 Å². The van der Waals surface area contributed by atoms with Gasteiger partial charge in [-0.15, -0.1) is 0 Å². The lowest BCUT2D eigenvalue weighted by Crippen LogP contribution is -2.32. The average Bonchev–Trinajstić information content (AvgIpc) is 2.61. The maximum atomic E-state index is 11.7. The van der Waals surface area contributed by atoms with Crippen LogP contribution in [0.4, 0.5) is 0 Å². The molecule has 1 aromatic heterocycles. The van der Waals surface area contributed by atoms with E-state index in [1.54, 1.807) is 0 Å². The van der Waals surface area contributed by atoms with Gasteiger partial charge in [-0.1, -0.05) is 0 Å². The van der Waals surface area contributed by atoms with Crippen LogP contribution in [0, 0.1) is 6.92 Å². The summed E-state index contributed by atoms with van der Waals surface area (Å²) in [5, 5.41) is 15.4.